The van der Waals surface area contributed by atoms with Crippen LogP contribution in [0.1, 0.15) is 26.3 Å². The number of methoxy groups -OCH3 is 2. The van der Waals surface area contributed by atoms with E-state index in [0.717, 1.165) is 5.56 Å². The molecule has 1 aromatic carbocycles. The van der Waals surface area contributed by atoms with Gasteiger partial charge in [0.25, 0.3) is 0 Å². The molecule has 0 spiro atoms. The van der Waals surface area contributed by atoms with Crippen LogP contribution in [-0.4, -0.2) is 32.2 Å². The van der Waals surface area contributed by atoms with Crippen molar-refractivity contribution in [2.75, 3.05) is 20.8 Å². The van der Waals surface area contributed by atoms with Gasteiger partial charge >= 0.3 is 0 Å². The number of benzene rings is 1. The lowest BCUT2D eigenvalue weighted by molar-refractivity contribution is -0.120. The Morgan fingerprint density at radius 1 is 1.15 bits per heavy atom. The summed E-state index contributed by atoms with van der Waals surface area (Å²) in [6, 6.07) is 5.59. The molecule has 0 saturated heterocycles. The van der Waals surface area contributed by atoms with Crippen LogP contribution in [0.3, 0.4) is 0 Å². The molecule has 2 N–H and O–H groups in total. The Morgan fingerprint density at radius 2 is 1.80 bits per heavy atom. The molecule has 0 aliphatic rings. The Bertz CT molecular complexity index is 453. The summed E-state index contributed by atoms with van der Waals surface area (Å²) in [5.74, 6) is 1.30. The fraction of sp³-hybridized carbons (Fsp3) is 0.533. The van der Waals surface area contributed by atoms with Crippen molar-refractivity contribution in [3.05, 3.63) is 23.8 Å². The van der Waals surface area contributed by atoms with Crippen LogP contribution in [0.5, 0.6) is 11.5 Å². The Hall–Kier alpha value is -1.75. The average Bonchev–Trinajstić information content (AvgIpc) is 2.41. The first-order chi connectivity index (χ1) is 9.35. The fourth-order valence-corrected chi connectivity index (χ4v) is 1.60. The molecule has 0 aliphatic carbocycles. The van der Waals surface area contributed by atoms with Crippen LogP contribution in [0.15, 0.2) is 18.2 Å². The Kier molecular flexibility index (Phi) is 5.82. The molecular formula is C15H24N2O3. The van der Waals surface area contributed by atoms with Crippen molar-refractivity contribution in [3.63, 3.8) is 0 Å². The van der Waals surface area contributed by atoms with Gasteiger partial charge in [-0.05, 0) is 38.5 Å². The lowest BCUT2D eigenvalue weighted by Gasteiger charge is -2.20. The van der Waals surface area contributed by atoms with E-state index in [2.05, 4.69) is 10.6 Å². The monoisotopic (exact) mass is 280 g/mol. The van der Waals surface area contributed by atoms with E-state index in [1.807, 2.05) is 39.0 Å². The Morgan fingerprint density at radius 3 is 2.35 bits per heavy atom. The molecule has 0 aromatic heterocycles. The number of hydrogen-bond donors (Lipinski definition) is 2. The standard InChI is InChI=1S/C15H24N2O3/c1-15(2,3)17-10-14(18)16-9-11-6-7-12(19-4)13(8-11)20-5/h6-8,17H,9-10H2,1-5H3,(H,16,18). The zero-order chi connectivity index (χ0) is 15.2. The van der Waals surface area contributed by atoms with Crippen LogP contribution in [0, 0.1) is 0 Å². The molecule has 0 radical (unpaired) electrons. The molecule has 1 aromatic rings. The largest absolute Gasteiger partial charge is 0.493 e. The van der Waals surface area contributed by atoms with Crippen molar-refractivity contribution in [1.82, 2.24) is 10.6 Å². The molecule has 0 aliphatic heterocycles. The molecule has 5 nitrogen and oxygen atoms in total. The van der Waals surface area contributed by atoms with E-state index in [9.17, 15) is 4.79 Å². The van der Waals surface area contributed by atoms with Crippen molar-refractivity contribution in [1.29, 1.82) is 0 Å². The molecule has 0 heterocycles. The highest BCUT2D eigenvalue weighted by Gasteiger charge is 2.11. The first kappa shape index (κ1) is 16.3. The summed E-state index contributed by atoms with van der Waals surface area (Å²) >= 11 is 0. The number of rotatable bonds is 6. The second kappa shape index (κ2) is 7.14. The third-order valence-electron chi connectivity index (χ3n) is 2.72. The second-order valence-electron chi connectivity index (χ2n) is 5.57. The summed E-state index contributed by atoms with van der Waals surface area (Å²) in [6.45, 7) is 6.83. The predicted octanol–water partition coefficient (Wildman–Crippen LogP) is 1.71. The van der Waals surface area contributed by atoms with Gasteiger partial charge in [-0.2, -0.15) is 0 Å². The van der Waals surface area contributed by atoms with Crippen molar-refractivity contribution < 1.29 is 14.3 Å². The van der Waals surface area contributed by atoms with Gasteiger partial charge in [0, 0.05) is 12.1 Å². The smallest absolute Gasteiger partial charge is 0.234 e. The minimum absolute atomic E-state index is 0.0327. The number of nitrogens with one attached hydrogen (secondary N) is 2. The molecule has 0 fully saturated rings. The summed E-state index contributed by atoms with van der Waals surface area (Å²) in [5, 5.41) is 6.00. The van der Waals surface area contributed by atoms with Gasteiger partial charge in [0.1, 0.15) is 0 Å². The zero-order valence-electron chi connectivity index (χ0n) is 12.9. The first-order valence-electron chi connectivity index (χ1n) is 6.58. The molecule has 0 bridgehead atoms. The van der Waals surface area contributed by atoms with Gasteiger partial charge in [0.05, 0.1) is 20.8 Å². The quantitative estimate of drug-likeness (QED) is 0.833. The number of amides is 1. The van der Waals surface area contributed by atoms with Crippen LogP contribution >= 0.6 is 0 Å². The van der Waals surface area contributed by atoms with Gasteiger partial charge in [0.2, 0.25) is 5.91 Å². The summed E-state index contributed by atoms with van der Waals surface area (Å²) in [7, 11) is 3.19. The fourth-order valence-electron chi connectivity index (χ4n) is 1.60. The van der Waals surface area contributed by atoms with Gasteiger partial charge in [-0.15, -0.1) is 0 Å². The third-order valence-corrected chi connectivity index (χ3v) is 2.72. The topological polar surface area (TPSA) is 59.6 Å². The van der Waals surface area contributed by atoms with Crippen molar-refractivity contribution in [3.8, 4) is 11.5 Å². The molecule has 0 unspecified atom stereocenters. The second-order valence-corrected chi connectivity index (χ2v) is 5.57. The number of carbonyl (C=O) groups excluding carboxylic acids is 1. The molecule has 0 atom stereocenters. The van der Waals surface area contributed by atoms with Gasteiger partial charge < -0.3 is 20.1 Å². The molecule has 1 rings (SSSR count). The van der Waals surface area contributed by atoms with Crippen LogP contribution in [0.2, 0.25) is 0 Å². The van der Waals surface area contributed by atoms with E-state index in [1.165, 1.54) is 0 Å². The van der Waals surface area contributed by atoms with Gasteiger partial charge in [-0.3, -0.25) is 4.79 Å². The van der Waals surface area contributed by atoms with E-state index in [-0.39, 0.29) is 11.4 Å². The third kappa shape index (κ3) is 5.48. The Balaban J connectivity index is 2.51. The Labute approximate surface area is 120 Å². The molecular weight excluding hydrogens is 256 g/mol. The minimum Gasteiger partial charge on any atom is -0.493 e. The number of hydrogen-bond acceptors (Lipinski definition) is 4. The zero-order valence-corrected chi connectivity index (χ0v) is 12.9. The lowest BCUT2D eigenvalue weighted by atomic mass is 10.1. The van der Waals surface area contributed by atoms with E-state index >= 15 is 0 Å². The molecule has 20 heavy (non-hydrogen) atoms. The number of carbonyl (C=O) groups is 1. The average molecular weight is 280 g/mol. The highest BCUT2D eigenvalue weighted by molar-refractivity contribution is 5.78. The van der Waals surface area contributed by atoms with E-state index < -0.39 is 0 Å². The first-order valence-corrected chi connectivity index (χ1v) is 6.58. The van der Waals surface area contributed by atoms with E-state index in [0.29, 0.717) is 24.6 Å². The molecule has 1 amide bonds. The minimum atomic E-state index is -0.0688. The van der Waals surface area contributed by atoms with E-state index in [1.54, 1.807) is 14.2 Å². The highest BCUT2D eigenvalue weighted by Crippen LogP contribution is 2.27. The van der Waals surface area contributed by atoms with Gasteiger partial charge in [-0.1, -0.05) is 6.07 Å². The lowest BCUT2D eigenvalue weighted by Crippen LogP contribution is -2.43. The van der Waals surface area contributed by atoms with Crippen LogP contribution in [0.25, 0.3) is 0 Å². The molecule has 112 valence electrons. The molecule has 5 heteroatoms. The summed E-state index contributed by atoms with van der Waals surface area (Å²) < 4.78 is 10.4. The van der Waals surface area contributed by atoms with Gasteiger partial charge in [0.15, 0.2) is 11.5 Å². The van der Waals surface area contributed by atoms with E-state index in [4.69, 9.17) is 9.47 Å². The summed E-state index contributed by atoms with van der Waals surface area (Å²) in [4.78, 5) is 11.7. The maximum absolute atomic E-state index is 11.7. The summed E-state index contributed by atoms with van der Waals surface area (Å²) in [6.07, 6.45) is 0. The summed E-state index contributed by atoms with van der Waals surface area (Å²) in [5.41, 5.74) is 0.896. The highest BCUT2D eigenvalue weighted by atomic mass is 16.5. The van der Waals surface area contributed by atoms with Crippen molar-refractivity contribution in [2.45, 2.75) is 32.9 Å². The SMILES string of the molecule is COc1ccc(CNC(=O)CNC(C)(C)C)cc1OC. The molecule has 0 saturated carbocycles. The van der Waals surface area contributed by atoms with Crippen molar-refractivity contribution in [2.24, 2.45) is 0 Å². The maximum Gasteiger partial charge on any atom is 0.234 e. The predicted molar refractivity (Wildman–Crippen MR) is 79.1 cm³/mol. The van der Waals surface area contributed by atoms with Crippen LogP contribution in [0.4, 0.5) is 0 Å². The van der Waals surface area contributed by atoms with Crippen LogP contribution in [-0.2, 0) is 11.3 Å². The van der Waals surface area contributed by atoms with Crippen LogP contribution < -0.4 is 20.1 Å². The maximum atomic E-state index is 11.7. The number of ether oxygens (including phenoxy) is 2. The normalized spacial score (nSPS) is 11.1. The van der Waals surface area contributed by atoms with Crippen molar-refractivity contribution >= 4 is 5.91 Å². The van der Waals surface area contributed by atoms with Gasteiger partial charge in [-0.25, -0.2) is 0 Å².